The zero-order valence-electron chi connectivity index (χ0n) is 24.2. The zero-order chi connectivity index (χ0) is 31.8. The molecule has 13 nitrogen and oxygen atoms in total. The Labute approximate surface area is 260 Å². The summed E-state index contributed by atoms with van der Waals surface area (Å²) in [5.74, 6) is 1.55. The maximum absolute atomic E-state index is 13.8. The van der Waals surface area contributed by atoms with Gasteiger partial charge in [-0.05, 0) is 60.0 Å². The number of benzene rings is 3. The maximum atomic E-state index is 13.8. The summed E-state index contributed by atoms with van der Waals surface area (Å²) < 4.78 is 73.2. The Balaban J connectivity index is 1.36. The summed E-state index contributed by atoms with van der Waals surface area (Å²) in [6.07, 6.45) is 0.505. The minimum absolute atomic E-state index is 0.0626. The standard InChI is InChI=1S/C28H31ClN4O9S2/c1-40-26-7-5-22(44(38,39)32-9-8-19-14-27(41-2)28(42-3)15-20(19)18-32)17-25(26)30-10-12-31(13-11-30)43(36,37)21-4-6-23(29)24(16-21)33(34)35/h4-7,14-17H,8-13,18H2,1-3H3. The lowest BCUT2D eigenvalue weighted by molar-refractivity contribution is -0.384. The van der Waals surface area contributed by atoms with Gasteiger partial charge in [-0.3, -0.25) is 10.1 Å². The lowest BCUT2D eigenvalue weighted by atomic mass is 10.0. The first-order chi connectivity index (χ1) is 20.9. The van der Waals surface area contributed by atoms with E-state index in [1.54, 1.807) is 25.3 Å². The van der Waals surface area contributed by atoms with Crippen LogP contribution in [-0.2, 0) is 33.0 Å². The molecule has 0 N–H and O–H groups in total. The van der Waals surface area contributed by atoms with Crippen molar-refractivity contribution in [2.45, 2.75) is 22.8 Å². The van der Waals surface area contributed by atoms with Crippen molar-refractivity contribution < 1.29 is 36.0 Å². The Morgan fingerprint density at radius 3 is 1.91 bits per heavy atom. The average Bonchev–Trinajstić information content (AvgIpc) is 3.03. The lowest BCUT2D eigenvalue weighted by Crippen LogP contribution is -2.48. The third-order valence-corrected chi connectivity index (χ3v) is 11.9. The molecule has 2 aliphatic rings. The number of halogens is 1. The largest absolute Gasteiger partial charge is 0.495 e. The highest BCUT2D eigenvalue weighted by molar-refractivity contribution is 7.89. The number of piperazine rings is 1. The maximum Gasteiger partial charge on any atom is 0.289 e. The fourth-order valence-corrected chi connectivity index (χ4v) is 8.47. The van der Waals surface area contributed by atoms with Crippen LogP contribution in [0.25, 0.3) is 0 Å². The molecule has 0 saturated carbocycles. The number of ether oxygens (including phenoxy) is 3. The van der Waals surface area contributed by atoms with Gasteiger partial charge in [0, 0.05) is 45.3 Å². The second-order valence-electron chi connectivity index (χ2n) is 10.2. The molecular weight excluding hydrogens is 636 g/mol. The highest BCUT2D eigenvalue weighted by Gasteiger charge is 2.33. The fraction of sp³-hybridized carbons (Fsp3) is 0.357. The van der Waals surface area contributed by atoms with E-state index in [1.165, 1.54) is 41.0 Å². The Bertz CT molecular complexity index is 1810. The monoisotopic (exact) mass is 666 g/mol. The number of hydrogen-bond donors (Lipinski definition) is 0. The van der Waals surface area contributed by atoms with Crippen LogP contribution < -0.4 is 19.1 Å². The first-order valence-electron chi connectivity index (χ1n) is 13.5. The number of anilines is 1. The van der Waals surface area contributed by atoms with Gasteiger partial charge in [-0.2, -0.15) is 8.61 Å². The van der Waals surface area contributed by atoms with E-state index in [0.717, 1.165) is 17.2 Å². The van der Waals surface area contributed by atoms with Crippen molar-refractivity contribution in [2.75, 3.05) is 59.0 Å². The number of fused-ring (bicyclic) bond motifs is 1. The highest BCUT2D eigenvalue weighted by Crippen LogP contribution is 2.37. The van der Waals surface area contributed by atoms with E-state index >= 15 is 0 Å². The quantitative estimate of drug-likeness (QED) is 0.245. The summed E-state index contributed by atoms with van der Waals surface area (Å²) in [4.78, 5) is 12.3. The molecular formula is C28H31ClN4O9S2. The van der Waals surface area contributed by atoms with Gasteiger partial charge in [-0.1, -0.05) is 11.6 Å². The Morgan fingerprint density at radius 1 is 0.727 bits per heavy atom. The van der Waals surface area contributed by atoms with Crippen molar-refractivity contribution in [1.29, 1.82) is 0 Å². The van der Waals surface area contributed by atoms with E-state index in [0.29, 0.717) is 29.4 Å². The van der Waals surface area contributed by atoms with Gasteiger partial charge in [0.05, 0.1) is 41.7 Å². The van der Waals surface area contributed by atoms with E-state index in [-0.39, 0.29) is 54.1 Å². The third kappa shape index (κ3) is 5.89. The van der Waals surface area contributed by atoms with Crippen LogP contribution in [0.4, 0.5) is 11.4 Å². The number of nitro groups is 1. The topological polar surface area (TPSA) is 149 Å². The lowest BCUT2D eigenvalue weighted by Gasteiger charge is -2.36. The molecule has 0 bridgehead atoms. The van der Waals surface area contributed by atoms with E-state index < -0.39 is 30.7 Å². The van der Waals surface area contributed by atoms with Crippen LogP contribution >= 0.6 is 11.6 Å². The molecule has 1 saturated heterocycles. The molecule has 5 rings (SSSR count). The molecule has 0 spiro atoms. The SMILES string of the molecule is COc1cc2c(cc1OC)CN(S(=O)(=O)c1ccc(OC)c(N3CCN(S(=O)(=O)c4ccc(Cl)c([N+](=O)[O-])c4)CC3)c1)CC2. The predicted octanol–water partition coefficient (Wildman–Crippen LogP) is 3.53. The average molecular weight is 667 g/mol. The molecule has 0 aliphatic carbocycles. The third-order valence-electron chi connectivity index (χ3n) is 7.80. The van der Waals surface area contributed by atoms with Gasteiger partial charge < -0.3 is 19.1 Å². The van der Waals surface area contributed by atoms with Crippen LogP contribution in [0.1, 0.15) is 11.1 Å². The van der Waals surface area contributed by atoms with Crippen LogP contribution in [0, 0.1) is 10.1 Å². The van der Waals surface area contributed by atoms with E-state index in [1.807, 2.05) is 11.0 Å². The second-order valence-corrected chi connectivity index (χ2v) is 14.4. The van der Waals surface area contributed by atoms with E-state index in [9.17, 15) is 26.9 Å². The Morgan fingerprint density at radius 2 is 1.30 bits per heavy atom. The molecule has 0 atom stereocenters. The zero-order valence-corrected chi connectivity index (χ0v) is 26.6. The van der Waals surface area contributed by atoms with Crippen molar-refractivity contribution in [2.24, 2.45) is 0 Å². The first kappa shape index (κ1) is 31.8. The predicted molar refractivity (Wildman–Crippen MR) is 163 cm³/mol. The summed E-state index contributed by atoms with van der Waals surface area (Å²) in [7, 11) is -3.39. The van der Waals surface area contributed by atoms with Gasteiger partial charge in [0.1, 0.15) is 10.8 Å². The van der Waals surface area contributed by atoms with Crippen molar-refractivity contribution >= 4 is 43.0 Å². The Hall–Kier alpha value is -3.63. The van der Waals surface area contributed by atoms with E-state index in [4.69, 9.17) is 25.8 Å². The smallest absolute Gasteiger partial charge is 0.289 e. The van der Waals surface area contributed by atoms with Gasteiger partial charge in [0.15, 0.2) is 11.5 Å². The van der Waals surface area contributed by atoms with Gasteiger partial charge in [-0.25, -0.2) is 16.8 Å². The number of rotatable bonds is 9. The highest BCUT2D eigenvalue weighted by atomic mass is 35.5. The molecule has 236 valence electrons. The molecule has 2 heterocycles. The summed E-state index contributed by atoms with van der Waals surface area (Å²) >= 11 is 5.86. The molecule has 0 aromatic heterocycles. The molecule has 0 radical (unpaired) electrons. The number of hydrogen-bond acceptors (Lipinski definition) is 10. The van der Waals surface area contributed by atoms with Crippen LogP contribution in [0.2, 0.25) is 5.02 Å². The summed E-state index contributed by atoms with van der Waals surface area (Å²) in [5.41, 5.74) is 1.84. The van der Waals surface area contributed by atoms with Crippen LogP contribution in [-0.4, -0.2) is 84.4 Å². The van der Waals surface area contributed by atoms with E-state index in [2.05, 4.69) is 0 Å². The number of sulfonamides is 2. The second kappa shape index (κ2) is 12.4. The minimum Gasteiger partial charge on any atom is -0.495 e. The molecule has 0 unspecified atom stereocenters. The van der Waals surface area contributed by atoms with Crippen molar-refractivity contribution in [3.05, 3.63) is 74.8 Å². The van der Waals surface area contributed by atoms with Gasteiger partial charge >= 0.3 is 0 Å². The summed E-state index contributed by atoms with van der Waals surface area (Å²) in [6.45, 7) is 1.03. The molecule has 16 heteroatoms. The first-order valence-corrected chi connectivity index (χ1v) is 16.8. The molecule has 44 heavy (non-hydrogen) atoms. The number of methoxy groups -OCH3 is 3. The molecule has 3 aromatic rings. The number of nitro benzene ring substituents is 1. The molecule has 3 aromatic carbocycles. The molecule has 2 aliphatic heterocycles. The van der Waals surface area contributed by atoms with Crippen molar-refractivity contribution in [3.8, 4) is 17.2 Å². The van der Waals surface area contributed by atoms with Gasteiger partial charge in [0.2, 0.25) is 20.0 Å². The van der Waals surface area contributed by atoms with Gasteiger partial charge in [0.25, 0.3) is 5.69 Å². The van der Waals surface area contributed by atoms with Crippen LogP contribution in [0.3, 0.4) is 0 Å². The summed E-state index contributed by atoms with van der Waals surface area (Å²) in [5, 5.41) is 11.1. The van der Waals surface area contributed by atoms with Crippen LogP contribution in [0.15, 0.2) is 58.3 Å². The normalized spacial score (nSPS) is 16.3. The Kier molecular flexibility index (Phi) is 8.96. The van der Waals surface area contributed by atoms with Gasteiger partial charge in [-0.15, -0.1) is 0 Å². The number of nitrogens with zero attached hydrogens (tertiary/aromatic N) is 4. The molecule has 0 amide bonds. The molecule has 1 fully saturated rings. The summed E-state index contributed by atoms with van der Waals surface area (Å²) in [6, 6.07) is 11.7. The minimum atomic E-state index is -4.04. The van der Waals surface area contributed by atoms with Crippen molar-refractivity contribution in [1.82, 2.24) is 8.61 Å². The van der Waals surface area contributed by atoms with Crippen LogP contribution in [0.5, 0.6) is 17.2 Å². The van der Waals surface area contributed by atoms with Crippen molar-refractivity contribution in [3.63, 3.8) is 0 Å². The fourth-order valence-electron chi connectivity index (χ4n) is 5.40.